The molecule has 0 fully saturated rings. The van der Waals surface area contributed by atoms with Crippen LogP contribution in [-0.2, 0) is 0 Å². The Balaban J connectivity index is 2.42. The highest BCUT2D eigenvalue weighted by atomic mass is 19.1. The van der Waals surface area contributed by atoms with Gasteiger partial charge in [0.1, 0.15) is 5.82 Å². The van der Waals surface area contributed by atoms with Crippen LogP contribution in [0.3, 0.4) is 0 Å². The molecule has 1 aromatic rings. The second-order valence-electron chi connectivity index (χ2n) is 3.52. The normalized spacial score (nSPS) is 11.9. The Morgan fingerprint density at radius 3 is 2.62 bits per heavy atom. The number of rotatable bonds is 4. The van der Waals surface area contributed by atoms with Gasteiger partial charge in [-0.25, -0.2) is 9.18 Å². The molecule has 1 aromatic carbocycles. The summed E-state index contributed by atoms with van der Waals surface area (Å²) in [4.78, 5) is 11.4. The van der Waals surface area contributed by atoms with E-state index in [-0.39, 0.29) is 24.5 Å². The number of nitrogens with one attached hydrogen (secondary N) is 2. The summed E-state index contributed by atoms with van der Waals surface area (Å²) in [5.74, 6) is -0.348. The zero-order chi connectivity index (χ0) is 12.0. The molecule has 1 rings (SSSR count). The molecule has 0 aliphatic carbocycles. The number of anilines is 1. The number of benzene rings is 1. The van der Waals surface area contributed by atoms with Gasteiger partial charge in [-0.15, -0.1) is 0 Å². The number of urea groups is 1. The highest BCUT2D eigenvalue weighted by Gasteiger charge is 2.06. The summed E-state index contributed by atoms with van der Waals surface area (Å²) in [5.41, 5.74) is 0.523. The van der Waals surface area contributed by atoms with Crippen molar-refractivity contribution in [1.29, 1.82) is 0 Å². The van der Waals surface area contributed by atoms with Crippen LogP contribution in [0.15, 0.2) is 24.3 Å². The fourth-order valence-electron chi connectivity index (χ4n) is 1.19. The second-order valence-corrected chi connectivity index (χ2v) is 3.52. The zero-order valence-electron chi connectivity index (χ0n) is 9.03. The number of halogens is 1. The number of hydrogen-bond donors (Lipinski definition) is 3. The number of amides is 2. The van der Waals surface area contributed by atoms with Gasteiger partial charge < -0.3 is 15.7 Å². The average Bonchev–Trinajstić information content (AvgIpc) is 2.21. The van der Waals surface area contributed by atoms with Crippen molar-refractivity contribution < 1.29 is 14.3 Å². The molecule has 2 amide bonds. The summed E-state index contributed by atoms with van der Waals surface area (Å²) >= 11 is 0. The molecule has 1 atom stereocenters. The molecule has 88 valence electrons. The number of carbonyl (C=O) groups is 1. The van der Waals surface area contributed by atoms with E-state index in [1.165, 1.54) is 24.3 Å². The van der Waals surface area contributed by atoms with Crippen molar-refractivity contribution in [2.75, 3.05) is 11.9 Å². The summed E-state index contributed by atoms with van der Waals surface area (Å²) < 4.78 is 12.6. The first-order valence-electron chi connectivity index (χ1n) is 5.05. The summed E-state index contributed by atoms with van der Waals surface area (Å²) in [5, 5.41) is 13.9. The number of aliphatic hydroxyl groups excluding tert-OH is 1. The fourth-order valence-corrected chi connectivity index (χ4v) is 1.19. The first-order chi connectivity index (χ1) is 7.61. The standard InChI is InChI=1S/C11H15FN2O2/c1-8(6-7-15)13-11(16)14-10-4-2-9(12)3-5-10/h2-5,8,15H,6-7H2,1H3,(H2,13,14,16). The summed E-state index contributed by atoms with van der Waals surface area (Å²) in [6.07, 6.45) is 0.497. The Labute approximate surface area is 93.5 Å². The van der Waals surface area contributed by atoms with Gasteiger partial charge >= 0.3 is 6.03 Å². The van der Waals surface area contributed by atoms with Gasteiger partial charge in [0, 0.05) is 18.3 Å². The minimum absolute atomic E-state index is 0.0258. The maximum Gasteiger partial charge on any atom is 0.319 e. The molecule has 0 aliphatic rings. The van der Waals surface area contributed by atoms with Crippen LogP contribution in [0.2, 0.25) is 0 Å². The maximum absolute atomic E-state index is 12.6. The quantitative estimate of drug-likeness (QED) is 0.732. The van der Waals surface area contributed by atoms with Gasteiger partial charge in [0.15, 0.2) is 0 Å². The van der Waals surface area contributed by atoms with Gasteiger partial charge in [0.25, 0.3) is 0 Å². The summed E-state index contributed by atoms with van der Waals surface area (Å²) in [6.45, 7) is 1.82. The van der Waals surface area contributed by atoms with Crippen LogP contribution >= 0.6 is 0 Å². The number of carbonyl (C=O) groups excluding carboxylic acids is 1. The van der Waals surface area contributed by atoms with E-state index in [0.29, 0.717) is 12.1 Å². The SMILES string of the molecule is CC(CCO)NC(=O)Nc1ccc(F)cc1. The van der Waals surface area contributed by atoms with E-state index in [2.05, 4.69) is 10.6 Å². The molecule has 0 saturated heterocycles. The van der Waals surface area contributed by atoms with Crippen molar-refractivity contribution >= 4 is 11.7 Å². The van der Waals surface area contributed by atoms with Crippen molar-refractivity contribution in [2.45, 2.75) is 19.4 Å². The monoisotopic (exact) mass is 226 g/mol. The van der Waals surface area contributed by atoms with Gasteiger partial charge in [-0.2, -0.15) is 0 Å². The fraction of sp³-hybridized carbons (Fsp3) is 0.364. The van der Waals surface area contributed by atoms with Crippen molar-refractivity contribution in [3.05, 3.63) is 30.1 Å². The molecule has 3 N–H and O–H groups in total. The largest absolute Gasteiger partial charge is 0.396 e. The molecule has 1 unspecified atom stereocenters. The smallest absolute Gasteiger partial charge is 0.319 e. The minimum Gasteiger partial charge on any atom is -0.396 e. The lowest BCUT2D eigenvalue weighted by Gasteiger charge is -2.13. The van der Waals surface area contributed by atoms with E-state index in [9.17, 15) is 9.18 Å². The molecule has 0 saturated carbocycles. The first-order valence-corrected chi connectivity index (χ1v) is 5.05. The maximum atomic E-state index is 12.6. The molecule has 16 heavy (non-hydrogen) atoms. The third-order valence-corrected chi connectivity index (χ3v) is 2.04. The average molecular weight is 226 g/mol. The summed E-state index contributed by atoms with van der Waals surface area (Å²) in [7, 11) is 0. The van der Waals surface area contributed by atoms with Crippen molar-refractivity contribution in [3.8, 4) is 0 Å². The number of hydrogen-bond acceptors (Lipinski definition) is 2. The predicted octanol–water partition coefficient (Wildman–Crippen LogP) is 1.72. The van der Waals surface area contributed by atoms with Gasteiger partial charge in [0.2, 0.25) is 0 Å². The minimum atomic E-state index is -0.368. The number of aliphatic hydroxyl groups is 1. The lowest BCUT2D eigenvalue weighted by Crippen LogP contribution is -2.36. The highest BCUT2D eigenvalue weighted by molar-refractivity contribution is 5.89. The Hall–Kier alpha value is -1.62. The third kappa shape index (κ3) is 4.27. The first kappa shape index (κ1) is 12.4. The molecule has 0 bridgehead atoms. The van der Waals surface area contributed by atoms with Crippen molar-refractivity contribution in [2.24, 2.45) is 0 Å². The van der Waals surface area contributed by atoms with Gasteiger partial charge in [-0.1, -0.05) is 0 Å². The van der Waals surface area contributed by atoms with E-state index >= 15 is 0 Å². The van der Waals surface area contributed by atoms with Crippen LogP contribution in [-0.4, -0.2) is 23.8 Å². The lowest BCUT2D eigenvalue weighted by atomic mass is 10.2. The second kappa shape index (κ2) is 6.07. The summed E-state index contributed by atoms with van der Waals surface area (Å²) in [6, 6.07) is 5.02. The van der Waals surface area contributed by atoms with Gasteiger partial charge in [-0.05, 0) is 37.6 Å². The highest BCUT2D eigenvalue weighted by Crippen LogP contribution is 2.07. The topological polar surface area (TPSA) is 61.4 Å². The molecule has 5 heteroatoms. The molecule has 0 heterocycles. The van der Waals surface area contributed by atoms with Gasteiger partial charge in [0.05, 0.1) is 0 Å². The molecule has 0 aliphatic heterocycles. The van der Waals surface area contributed by atoms with Crippen molar-refractivity contribution in [3.63, 3.8) is 0 Å². The van der Waals surface area contributed by atoms with Crippen LogP contribution in [0.4, 0.5) is 14.9 Å². The van der Waals surface area contributed by atoms with Crippen LogP contribution in [0, 0.1) is 5.82 Å². The van der Waals surface area contributed by atoms with E-state index in [4.69, 9.17) is 5.11 Å². The van der Waals surface area contributed by atoms with E-state index < -0.39 is 0 Å². The Morgan fingerprint density at radius 2 is 2.06 bits per heavy atom. The molecule has 0 aromatic heterocycles. The molecule has 4 nitrogen and oxygen atoms in total. The molecule has 0 spiro atoms. The van der Waals surface area contributed by atoms with E-state index in [1.807, 2.05) is 0 Å². The lowest BCUT2D eigenvalue weighted by molar-refractivity contribution is 0.241. The van der Waals surface area contributed by atoms with Crippen molar-refractivity contribution in [1.82, 2.24) is 5.32 Å². The third-order valence-electron chi connectivity index (χ3n) is 2.04. The molecular weight excluding hydrogens is 211 g/mol. The Bertz CT molecular complexity index is 340. The molecule has 0 radical (unpaired) electrons. The van der Waals surface area contributed by atoms with E-state index in [1.54, 1.807) is 6.92 Å². The van der Waals surface area contributed by atoms with E-state index in [0.717, 1.165) is 0 Å². The van der Waals surface area contributed by atoms with Crippen LogP contribution in [0.25, 0.3) is 0 Å². The zero-order valence-corrected chi connectivity index (χ0v) is 9.03. The Kier molecular flexibility index (Phi) is 4.72. The van der Waals surface area contributed by atoms with Gasteiger partial charge in [-0.3, -0.25) is 0 Å². The Morgan fingerprint density at radius 1 is 1.44 bits per heavy atom. The predicted molar refractivity (Wildman–Crippen MR) is 59.7 cm³/mol. The van der Waals surface area contributed by atoms with Crippen LogP contribution in [0.5, 0.6) is 0 Å². The molecular formula is C11H15FN2O2. The van der Waals surface area contributed by atoms with Crippen LogP contribution < -0.4 is 10.6 Å². The van der Waals surface area contributed by atoms with Crippen LogP contribution in [0.1, 0.15) is 13.3 Å².